The summed E-state index contributed by atoms with van der Waals surface area (Å²) in [5, 5.41) is 1.01. The Balaban J connectivity index is 1.88. The van der Waals surface area contributed by atoms with Gasteiger partial charge in [0.1, 0.15) is 5.75 Å². The van der Waals surface area contributed by atoms with Crippen molar-refractivity contribution in [3.63, 3.8) is 0 Å². The molecule has 0 amide bonds. The molecular formula is C28H22ClN3O3. The van der Waals surface area contributed by atoms with E-state index in [9.17, 15) is 9.59 Å². The quantitative estimate of drug-likeness (QED) is 0.349. The van der Waals surface area contributed by atoms with Crippen LogP contribution in [-0.4, -0.2) is 13.7 Å². The molecule has 1 unspecified atom stereocenters. The van der Waals surface area contributed by atoms with Crippen molar-refractivity contribution in [2.24, 2.45) is 14.1 Å². The van der Waals surface area contributed by atoms with Gasteiger partial charge in [-0.1, -0.05) is 71.8 Å². The number of aromatic nitrogens is 3. The smallest absolute Gasteiger partial charge is 0.331 e. The van der Waals surface area contributed by atoms with E-state index >= 15 is 0 Å². The summed E-state index contributed by atoms with van der Waals surface area (Å²) >= 11 is 6.44. The summed E-state index contributed by atoms with van der Waals surface area (Å²) in [6.07, 6.45) is -0.538. The molecule has 3 heterocycles. The summed E-state index contributed by atoms with van der Waals surface area (Å²) in [6, 6.07) is 23.3. The molecule has 1 aliphatic rings. The highest BCUT2D eigenvalue weighted by Gasteiger charge is 2.36. The van der Waals surface area contributed by atoms with Crippen molar-refractivity contribution in [2.75, 3.05) is 0 Å². The number of ether oxygens (including phenoxy) is 1. The van der Waals surface area contributed by atoms with Crippen LogP contribution in [0, 0.1) is 6.92 Å². The molecule has 3 aromatic carbocycles. The lowest BCUT2D eigenvalue weighted by atomic mass is 10.0. The number of benzene rings is 3. The van der Waals surface area contributed by atoms with Crippen LogP contribution < -0.4 is 16.0 Å². The average Bonchev–Trinajstić information content (AvgIpc) is 3.23. The topological polar surface area (TPSA) is 58.2 Å². The molecule has 1 aliphatic heterocycles. The van der Waals surface area contributed by atoms with Crippen molar-refractivity contribution in [3.05, 3.63) is 115 Å². The predicted octanol–water partition coefficient (Wildman–Crippen LogP) is 5.14. The van der Waals surface area contributed by atoms with E-state index < -0.39 is 11.8 Å². The number of hydrogen-bond acceptors (Lipinski definition) is 3. The normalized spacial score (nSPS) is 14.5. The maximum atomic E-state index is 13.7. The Morgan fingerprint density at radius 1 is 0.886 bits per heavy atom. The van der Waals surface area contributed by atoms with Crippen molar-refractivity contribution >= 4 is 22.5 Å². The molecule has 0 spiro atoms. The first-order valence-corrected chi connectivity index (χ1v) is 11.7. The van der Waals surface area contributed by atoms with Crippen LogP contribution in [0.3, 0.4) is 0 Å². The highest BCUT2D eigenvalue weighted by Crippen LogP contribution is 2.47. The molecule has 0 N–H and O–H groups in total. The maximum absolute atomic E-state index is 13.7. The van der Waals surface area contributed by atoms with Crippen molar-refractivity contribution in [2.45, 2.75) is 13.0 Å². The zero-order valence-corrected chi connectivity index (χ0v) is 20.2. The van der Waals surface area contributed by atoms with Gasteiger partial charge in [0.2, 0.25) is 0 Å². The van der Waals surface area contributed by atoms with Gasteiger partial charge in [-0.15, -0.1) is 0 Å². The second-order valence-corrected chi connectivity index (χ2v) is 9.32. The molecular weight excluding hydrogens is 462 g/mol. The predicted molar refractivity (Wildman–Crippen MR) is 138 cm³/mol. The Morgan fingerprint density at radius 3 is 2.31 bits per heavy atom. The van der Waals surface area contributed by atoms with Crippen molar-refractivity contribution < 1.29 is 4.74 Å². The van der Waals surface area contributed by atoms with Crippen LogP contribution in [0.1, 0.15) is 22.9 Å². The summed E-state index contributed by atoms with van der Waals surface area (Å²) in [7, 11) is 3.20. The van der Waals surface area contributed by atoms with E-state index in [1.807, 2.05) is 78.2 Å². The highest BCUT2D eigenvalue weighted by atomic mass is 35.5. The zero-order valence-electron chi connectivity index (χ0n) is 19.4. The average molecular weight is 484 g/mol. The summed E-state index contributed by atoms with van der Waals surface area (Å²) in [5.41, 5.74) is 4.84. The Morgan fingerprint density at radius 2 is 1.60 bits per heavy atom. The van der Waals surface area contributed by atoms with Crippen LogP contribution >= 0.6 is 11.6 Å². The van der Waals surface area contributed by atoms with E-state index in [2.05, 4.69) is 0 Å². The first-order chi connectivity index (χ1) is 16.9. The van der Waals surface area contributed by atoms with Gasteiger partial charge in [-0.05, 0) is 36.2 Å². The van der Waals surface area contributed by atoms with Gasteiger partial charge in [0.05, 0.1) is 28.0 Å². The number of halogens is 1. The van der Waals surface area contributed by atoms with Gasteiger partial charge in [-0.25, -0.2) is 4.79 Å². The molecule has 6 rings (SSSR count). The van der Waals surface area contributed by atoms with Crippen LogP contribution in [0.15, 0.2) is 82.4 Å². The lowest BCUT2D eigenvalue weighted by molar-refractivity contribution is 0.229. The summed E-state index contributed by atoms with van der Waals surface area (Å²) < 4.78 is 11.3. The molecule has 35 heavy (non-hydrogen) atoms. The van der Waals surface area contributed by atoms with Crippen molar-refractivity contribution in [1.82, 2.24) is 13.7 Å². The molecule has 6 nitrogen and oxygen atoms in total. The van der Waals surface area contributed by atoms with Crippen LogP contribution in [0.5, 0.6) is 5.75 Å². The van der Waals surface area contributed by atoms with Crippen LogP contribution in [0.25, 0.3) is 27.8 Å². The maximum Gasteiger partial charge on any atom is 0.331 e. The van der Waals surface area contributed by atoms with Crippen molar-refractivity contribution in [1.29, 1.82) is 0 Å². The number of hydrogen-bond donors (Lipinski definition) is 0. The Kier molecular flexibility index (Phi) is 4.76. The van der Waals surface area contributed by atoms with Gasteiger partial charge in [0.15, 0.2) is 6.10 Å². The van der Waals surface area contributed by atoms with Crippen LogP contribution in [0.4, 0.5) is 0 Å². The SMILES string of the molecule is Cc1ccc(-c2c3c(=O)n(C)c(=O)n(C)c3c3n2-c2cc(Cl)ccc2OC3c2ccccc2)cc1. The van der Waals surface area contributed by atoms with Gasteiger partial charge < -0.3 is 9.30 Å². The minimum atomic E-state index is -0.538. The van der Waals surface area contributed by atoms with Crippen molar-refractivity contribution in [3.8, 4) is 22.7 Å². The third-order valence-corrected chi connectivity index (χ3v) is 6.93. The molecule has 0 radical (unpaired) electrons. The summed E-state index contributed by atoms with van der Waals surface area (Å²) in [6.45, 7) is 2.02. The molecule has 0 saturated heterocycles. The van der Waals surface area contributed by atoms with Gasteiger partial charge in [0.25, 0.3) is 5.56 Å². The monoisotopic (exact) mass is 483 g/mol. The molecule has 0 aliphatic carbocycles. The minimum Gasteiger partial charge on any atom is -0.477 e. The molecule has 2 aromatic heterocycles. The lowest BCUT2D eigenvalue weighted by Gasteiger charge is -2.30. The van der Waals surface area contributed by atoms with E-state index in [-0.39, 0.29) is 5.56 Å². The molecule has 0 bridgehead atoms. The number of rotatable bonds is 2. The van der Waals surface area contributed by atoms with Crippen LogP contribution in [0.2, 0.25) is 5.02 Å². The largest absolute Gasteiger partial charge is 0.477 e. The molecule has 174 valence electrons. The van der Waals surface area contributed by atoms with E-state index in [1.165, 1.54) is 11.6 Å². The third-order valence-electron chi connectivity index (χ3n) is 6.69. The van der Waals surface area contributed by atoms with E-state index in [0.717, 1.165) is 26.9 Å². The summed E-state index contributed by atoms with van der Waals surface area (Å²) in [5.74, 6) is 0.645. The summed E-state index contributed by atoms with van der Waals surface area (Å²) in [4.78, 5) is 26.7. The fourth-order valence-electron chi connectivity index (χ4n) is 4.97. The fourth-order valence-corrected chi connectivity index (χ4v) is 5.14. The third kappa shape index (κ3) is 3.10. The number of aryl methyl sites for hydroxylation is 2. The highest BCUT2D eigenvalue weighted by molar-refractivity contribution is 6.30. The molecule has 7 heteroatoms. The van der Waals surface area contributed by atoms with E-state index in [1.54, 1.807) is 13.1 Å². The van der Waals surface area contributed by atoms with Gasteiger partial charge >= 0.3 is 5.69 Å². The van der Waals surface area contributed by atoms with E-state index in [0.29, 0.717) is 33.1 Å². The van der Waals surface area contributed by atoms with Crippen LogP contribution in [-0.2, 0) is 14.1 Å². The molecule has 0 saturated carbocycles. The Bertz CT molecular complexity index is 1750. The zero-order chi connectivity index (χ0) is 24.4. The molecule has 5 aromatic rings. The second-order valence-electron chi connectivity index (χ2n) is 8.89. The van der Waals surface area contributed by atoms with Gasteiger partial charge in [0, 0.05) is 19.1 Å². The Hall–Kier alpha value is -4.03. The first kappa shape index (κ1) is 21.5. The molecule has 1 atom stereocenters. The van der Waals surface area contributed by atoms with Gasteiger partial charge in [-0.3, -0.25) is 13.9 Å². The first-order valence-electron chi connectivity index (χ1n) is 11.3. The standard InChI is InChI=1S/C28H22ClN3O3/c1-16-9-11-17(12-10-16)23-22-24(30(2)28(34)31(3)27(22)33)25-26(18-7-5-4-6-8-18)35-21-14-13-19(29)15-20(21)32(23)25/h4-15,26H,1-3H3. The van der Waals surface area contributed by atoms with E-state index in [4.69, 9.17) is 16.3 Å². The second kappa shape index (κ2) is 7.75. The molecule has 0 fully saturated rings. The minimum absolute atomic E-state index is 0.351. The fraction of sp³-hybridized carbons (Fsp3) is 0.143. The lowest BCUT2D eigenvalue weighted by Crippen LogP contribution is -2.37. The van der Waals surface area contributed by atoms with Gasteiger partial charge in [-0.2, -0.15) is 0 Å². The number of fused-ring (bicyclic) bond motifs is 5. The number of nitrogens with zero attached hydrogens (tertiary/aromatic N) is 3. The Labute approximate surface area is 206 Å².